The summed E-state index contributed by atoms with van der Waals surface area (Å²) in [5.41, 5.74) is -2.73. The minimum absolute atomic E-state index is 0.0258. The number of alkyl halides is 3. The molecule has 2 N–H and O–H groups in total. The molecule has 1 aliphatic rings. The summed E-state index contributed by atoms with van der Waals surface area (Å²) in [4.78, 5) is 40.2. The number of nitrogens with one attached hydrogen (secondary N) is 2. The average molecular weight is 450 g/mol. The second-order valence-corrected chi connectivity index (χ2v) is 8.09. The zero-order chi connectivity index (χ0) is 23.5. The zero-order valence-corrected chi connectivity index (χ0v) is 17.8. The van der Waals surface area contributed by atoms with Crippen LogP contribution in [-0.4, -0.2) is 29.5 Å². The maximum atomic E-state index is 13.1. The fraction of sp³-hybridized carbons (Fsp3) is 0.435. The topological polar surface area (TPSA) is 88.3 Å². The van der Waals surface area contributed by atoms with Gasteiger partial charge in [-0.25, -0.2) is 4.79 Å². The molecule has 0 aliphatic heterocycles. The molecule has 0 spiro atoms. The third kappa shape index (κ3) is 4.87. The molecule has 2 aromatic rings. The maximum Gasteiger partial charge on any atom is 0.416 e. The largest absolute Gasteiger partial charge is 0.467 e. The summed E-state index contributed by atoms with van der Waals surface area (Å²) in [5, 5.41) is 2.76. The van der Waals surface area contributed by atoms with Crippen LogP contribution in [0.15, 0.2) is 41.3 Å². The van der Waals surface area contributed by atoms with Gasteiger partial charge in [-0.05, 0) is 55.4 Å². The zero-order valence-electron chi connectivity index (χ0n) is 17.8. The Balaban J connectivity index is 1.91. The Morgan fingerprint density at radius 3 is 2.50 bits per heavy atom. The molecular weight excluding hydrogens is 425 g/mol. The fourth-order valence-corrected chi connectivity index (χ4v) is 4.14. The monoisotopic (exact) mass is 450 g/mol. The number of hydrogen-bond acceptors (Lipinski definition) is 4. The highest BCUT2D eigenvalue weighted by Gasteiger charge is 2.44. The van der Waals surface area contributed by atoms with Gasteiger partial charge in [0.1, 0.15) is 5.54 Å². The van der Waals surface area contributed by atoms with Gasteiger partial charge >= 0.3 is 12.1 Å². The molecular formula is C23H25F3N2O4. The normalized spacial score (nSPS) is 21.1. The number of amides is 1. The first-order valence-electron chi connectivity index (χ1n) is 10.4. The number of aromatic nitrogens is 1. The van der Waals surface area contributed by atoms with E-state index in [1.165, 1.54) is 31.5 Å². The van der Waals surface area contributed by atoms with Gasteiger partial charge in [-0.1, -0.05) is 25.5 Å². The molecule has 3 rings (SSSR count). The molecule has 1 aromatic heterocycles. The van der Waals surface area contributed by atoms with Gasteiger partial charge in [0.25, 0.3) is 11.5 Å². The number of benzene rings is 1. The van der Waals surface area contributed by atoms with Crippen LogP contribution in [0.3, 0.4) is 0 Å². The van der Waals surface area contributed by atoms with Crippen LogP contribution in [0, 0.1) is 5.92 Å². The lowest BCUT2D eigenvalue weighted by Gasteiger charge is -2.38. The Morgan fingerprint density at radius 1 is 1.22 bits per heavy atom. The lowest BCUT2D eigenvalue weighted by Crippen LogP contribution is -2.57. The number of methoxy groups -OCH3 is 1. The number of H-pyrrole nitrogens is 1. The number of hydrogen-bond donors (Lipinski definition) is 2. The highest BCUT2D eigenvalue weighted by Crippen LogP contribution is 2.35. The van der Waals surface area contributed by atoms with E-state index in [1.807, 2.05) is 0 Å². The smallest absolute Gasteiger partial charge is 0.416 e. The number of halogens is 3. The van der Waals surface area contributed by atoms with Crippen molar-refractivity contribution in [3.8, 4) is 11.1 Å². The molecule has 9 heteroatoms. The van der Waals surface area contributed by atoms with Crippen molar-refractivity contribution >= 4 is 11.9 Å². The van der Waals surface area contributed by atoms with Crippen LogP contribution in [0.4, 0.5) is 13.2 Å². The SMILES string of the molecule is CCC1CCC(NC(=O)c2c[nH]c(=O)c(-c3cccc(C(F)(F)F)c3)c2)(C(=O)OC)CC1. The summed E-state index contributed by atoms with van der Waals surface area (Å²) in [7, 11) is 1.26. The predicted octanol–water partition coefficient (Wildman–Crippen LogP) is 4.30. The fourth-order valence-electron chi connectivity index (χ4n) is 4.14. The molecule has 1 aromatic carbocycles. The van der Waals surface area contributed by atoms with Crippen molar-refractivity contribution in [3.63, 3.8) is 0 Å². The van der Waals surface area contributed by atoms with Crippen molar-refractivity contribution in [2.75, 3.05) is 7.11 Å². The van der Waals surface area contributed by atoms with Gasteiger partial charge in [-0.15, -0.1) is 0 Å². The lowest BCUT2D eigenvalue weighted by molar-refractivity contribution is -0.150. The average Bonchev–Trinajstić information content (AvgIpc) is 2.78. The van der Waals surface area contributed by atoms with Gasteiger partial charge < -0.3 is 15.0 Å². The lowest BCUT2D eigenvalue weighted by atomic mass is 9.75. The van der Waals surface area contributed by atoms with Crippen molar-refractivity contribution in [1.82, 2.24) is 10.3 Å². The Hall–Kier alpha value is -3.10. The van der Waals surface area contributed by atoms with Crippen molar-refractivity contribution in [2.45, 2.75) is 50.7 Å². The second kappa shape index (κ2) is 9.18. The van der Waals surface area contributed by atoms with Gasteiger partial charge in [0.15, 0.2) is 0 Å². The summed E-state index contributed by atoms with van der Waals surface area (Å²) in [6.07, 6.45) is -0.0492. The molecule has 0 atom stereocenters. The molecule has 6 nitrogen and oxygen atoms in total. The van der Waals surface area contributed by atoms with Crippen molar-refractivity contribution in [3.05, 3.63) is 58.0 Å². The molecule has 32 heavy (non-hydrogen) atoms. The van der Waals surface area contributed by atoms with Crippen LogP contribution in [-0.2, 0) is 15.7 Å². The number of ether oxygens (including phenoxy) is 1. The third-order valence-electron chi connectivity index (χ3n) is 6.13. The quantitative estimate of drug-likeness (QED) is 0.665. The first-order valence-corrected chi connectivity index (χ1v) is 10.4. The summed E-state index contributed by atoms with van der Waals surface area (Å²) in [6, 6.07) is 5.55. The van der Waals surface area contributed by atoms with Crippen molar-refractivity contribution in [1.29, 1.82) is 0 Å². The summed E-state index contributed by atoms with van der Waals surface area (Å²) in [5.74, 6) is -0.692. The Labute approximate surface area is 183 Å². The van der Waals surface area contributed by atoms with Crippen molar-refractivity contribution < 1.29 is 27.5 Å². The highest BCUT2D eigenvalue weighted by atomic mass is 19.4. The first-order chi connectivity index (χ1) is 15.1. The van der Waals surface area contributed by atoms with Crippen LogP contribution in [0.5, 0.6) is 0 Å². The minimum Gasteiger partial charge on any atom is -0.467 e. The van der Waals surface area contributed by atoms with E-state index < -0.39 is 34.7 Å². The summed E-state index contributed by atoms with van der Waals surface area (Å²) >= 11 is 0. The van der Waals surface area contributed by atoms with E-state index in [9.17, 15) is 27.6 Å². The van der Waals surface area contributed by atoms with Gasteiger partial charge in [0, 0.05) is 11.8 Å². The first kappa shape index (κ1) is 23.6. The molecule has 1 saturated carbocycles. The van der Waals surface area contributed by atoms with Gasteiger partial charge in [0.2, 0.25) is 0 Å². The number of aromatic amines is 1. The third-order valence-corrected chi connectivity index (χ3v) is 6.13. The van der Waals surface area contributed by atoms with E-state index in [0.29, 0.717) is 18.8 Å². The van der Waals surface area contributed by atoms with E-state index in [2.05, 4.69) is 17.2 Å². The van der Waals surface area contributed by atoms with E-state index >= 15 is 0 Å². The summed E-state index contributed by atoms with van der Waals surface area (Å²) in [6.45, 7) is 2.07. The van der Waals surface area contributed by atoms with E-state index in [4.69, 9.17) is 4.74 Å². The second-order valence-electron chi connectivity index (χ2n) is 8.09. The van der Waals surface area contributed by atoms with Crippen molar-refractivity contribution in [2.24, 2.45) is 5.92 Å². The Morgan fingerprint density at radius 2 is 1.91 bits per heavy atom. The predicted molar refractivity (Wildman–Crippen MR) is 112 cm³/mol. The number of rotatable bonds is 5. The molecule has 1 amide bonds. The number of carbonyl (C=O) groups excluding carboxylic acids is 2. The standard InChI is InChI=1S/C23H25F3N2O4/c1-3-14-7-9-22(10-8-14,21(31)32-2)28-19(29)16-12-18(20(30)27-13-16)15-5-4-6-17(11-15)23(24,25)26/h4-6,11-14H,3,7-10H2,1-2H3,(H,27,30)(H,28,29). The molecule has 0 radical (unpaired) electrons. The molecule has 0 bridgehead atoms. The van der Waals surface area contributed by atoms with Crippen LogP contribution >= 0.6 is 0 Å². The molecule has 1 aliphatic carbocycles. The number of esters is 1. The molecule has 172 valence electrons. The van der Waals surface area contributed by atoms with Gasteiger partial charge in [0.05, 0.1) is 18.2 Å². The van der Waals surface area contributed by atoms with Gasteiger partial charge in [-0.3, -0.25) is 9.59 Å². The summed E-state index contributed by atoms with van der Waals surface area (Å²) < 4.78 is 44.1. The van der Waals surface area contributed by atoms with Crippen LogP contribution in [0.2, 0.25) is 0 Å². The van der Waals surface area contributed by atoms with Gasteiger partial charge in [-0.2, -0.15) is 13.2 Å². The van der Waals surface area contributed by atoms with Crippen LogP contribution in [0.1, 0.15) is 54.9 Å². The van der Waals surface area contributed by atoms with E-state index in [-0.39, 0.29) is 16.7 Å². The minimum atomic E-state index is -4.57. The highest BCUT2D eigenvalue weighted by molar-refractivity contribution is 5.98. The maximum absolute atomic E-state index is 13.1. The Kier molecular flexibility index (Phi) is 6.76. The van der Waals surface area contributed by atoms with E-state index in [0.717, 1.165) is 31.4 Å². The van der Waals surface area contributed by atoms with Crippen LogP contribution in [0.25, 0.3) is 11.1 Å². The number of pyridine rings is 1. The molecule has 0 saturated heterocycles. The Bertz CT molecular complexity index is 1050. The number of carbonyl (C=O) groups is 2. The molecule has 1 heterocycles. The van der Waals surface area contributed by atoms with E-state index in [1.54, 1.807) is 0 Å². The molecule has 0 unspecified atom stereocenters. The molecule has 1 fully saturated rings. The van der Waals surface area contributed by atoms with Crippen LogP contribution < -0.4 is 10.9 Å².